The fraction of sp³-hybridized carbons (Fsp3) is 0.562. The molecule has 1 amide bonds. The van der Waals surface area contributed by atoms with Gasteiger partial charge in [0, 0.05) is 26.2 Å². The molecule has 1 aliphatic rings. The molecule has 2 rings (SSSR count). The number of nitrogens with zero attached hydrogens (tertiary/aromatic N) is 1. The van der Waals surface area contributed by atoms with Gasteiger partial charge in [0.2, 0.25) is 5.91 Å². The van der Waals surface area contributed by atoms with Gasteiger partial charge in [-0.05, 0) is 25.0 Å². The lowest BCUT2D eigenvalue weighted by Gasteiger charge is -2.35. The molecule has 0 aliphatic carbocycles. The van der Waals surface area contributed by atoms with E-state index in [1.54, 1.807) is 0 Å². The largest absolute Gasteiger partial charge is 0.373 e. The van der Waals surface area contributed by atoms with Crippen LogP contribution in [0.1, 0.15) is 25.0 Å². The number of amides is 1. The Hall–Kier alpha value is -1.43. The summed E-state index contributed by atoms with van der Waals surface area (Å²) in [6.45, 7) is 7.68. The van der Waals surface area contributed by atoms with Crippen LogP contribution in [-0.4, -0.2) is 42.6 Å². The third-order valence-electron chi connectivity index (χ3n) is 3.60. The highest BCUT2D eigenvalue weighted by Crippen LogP contribution is 2.14. The number of rotatable bonds is 5. The summed E-state index contributed by atoms with van der Waals surface area (Å²) >= 11 is 0. The zero-order valence-electron chi connectivity index (χ0n) is 12.8. The van der Waals surface area contributed by atoms with Gasteiger partial charge in [0.05, 0.1) is 18.8 Å². The summed E-state index contributed by atoms with van der Waals surface area (Å²) in [6.07, 6.45) is 0.582. The van der Waals surface area contributed by atoms with Crippen LogP contribution in [0.5, 0.6) is 0 Å². The summed E-state index contributed by atoms with van der Waals surface area (Å²) in [5.41, 5.74) is 7.63. The maximum absolute atomic E-state index is 11.1. The van der Waals surface area contributed by atoms with Crippen LogP contribution < -0.4 is 11.1 Å². The lowest BCUT2D eigenvalue weighted by molar-refractivity contribution is -0.119. The van der Waals surface area contributed by atoms with Crippen molar-refractivity contribution in [1.29, 1.82) is 0 Å². The van der Waals surface area contributed by atoms with E-state index in [9.17, 15) is 4.79 Å². The van der Waals surface area contributed by atoms with Gasteiger partial charge in [-0.15, -0.1) is 0 Å². The van der Waals surface area contributed by atoms with Crippen LogP contribution in [0.25, 0.3) is 0 Å². The quantitative estimate of drug-likeness (QED) is 0.845. The molecule has 1 aromatic carbocycles. The van der Waals surface area contributed by atoms with Gasteiger partial charge in [-0.1, -0.05) is 24.3 Å². The molecule has 3 N–H and O–H groups in total. The van der Waals surface area contributed by atoms with Crippen LogP contribution in [0.3, 0.4) is 0 Å². The van der Waals surface area contributed by atoms with Gasteiger partial charge in [-0.25, -0.2) is 0 Å². The Morgan fingerprint density at radius 2 is 1.81 bits per heavy atom. The lowest BCUT2D eigenvalue weighted by Crippen LogP contribution is -2.44. The van der Waals surface area contributed by atoms with Crippen LogP contribution in [0.4, 0.5) is 0 Å². The molecule has 0 saturated carbocycles. The molecule has 0 radical (unpaired) electrons. The topological polar surface area (TPSA) is 67.6 Å². The molecule has 1 aliphatic heterocycles. The molecule has 5 nitrogen and oxygen atoms in total. The second kappa shape index (κ2) is 7.54. The number of nitrogens with two attached hydrogens (primary N) is 1. The lowest BCUT2D eigenvalue weighted by atomic mass is 10.1. The smallest absolute Gasteiger partial charge is 0.234 e. The molecule has 1 aromatic rings. The van der Waals surface area contributed by atoms with Crippen molar-refractivity contribution >= 4 is 5.91 Å². The van der Waals surface area contributed by atoms with Gasteiger partial charge < -0.3 is 15.8 Å². The molecule has 0 bridgehead atoms. The average molecular weight is 291 g/mol. The van der Waals surface area contributed by atoms with Crippen LogP contribution in [-0.2, 0) is 22.6 Å². The molecule has 2 atom stereocenters. The second-order valence-electron chi connectivity index (χ2n) is 5.75. The van der Waals surface area contributed by atoms with Crippen molar-refractivity contribution in [3.63, 3.8) is 0 Å². The van der Waals surface area contributed by atoms with Gasteiger partial charge >= 0.3 is 0 Å². The molecule has 1 saturated heterocycles. The SMILES string of the molecule is CC1CN(Cc2ccc(CNC(=O)CN)cc2)CC(C)O1. The molecular weight excluding hydrogens is 266 g/mol. The van der Waals surface area contributed by atoms with E-state index in [0.717, 1.165) is 25.2 Å². The number of hydrogen-bond acceptors (Lipinski definition) is 4. The Balaban J connectivity index is 1.85. The minimum atomic E-state index is -0.129. The number of ether oxygens (including phenoxy) is 1. The fourth-order valence-electron chi connectivity index (χ4n) is 2.71. The summed E-state index contributed by atoms with van der Waals surface area (Å²) in [4.78, 5) is 13.5. The molecular formula is C16H25N3O2. The van der Waals surface area contributed by atoms with E-state index in [-0.39, 0.29) is 12.5 Å². The van der Waals surface area contributed by atoms with E-state index in [0.29, 0.717) is 18.8 Å². The highest BCUT2D eigenvalue weighted by atomic mass is 16.5. The molecule has 1 fully saturated rings. The predicted molar refractivity (Wildman–Crippen MR) is 82.6 cm³/mol. The second-order valence-corrected chi connectivity index (χ2v) is 5.75. The Bertz CT molecular complexity index is 451. The summed E-state index contributed by atoms with van der Waals surface area (Å²) in [6, 6.07) is 8.35. The summed E-state index contributed by atoms with van der Waals surface area (Å²) in [7, 11) is 0. The molecule has 21 heavy (non-hydrogen) atoms. The zero-order valence-corrected chi connectivity index (χ0v) is 12.8. The third kappa shape index (κ3) is 5.12. The van der Waals surface area contributed by atoms with Crippen molar-refractivity contribution in [2.24, 2.45) is 5.73 Å². The summed E-state index contributed by atoms with van der Waals surface area (Å²) in [5.74, 6) is -0.129. The molecule has 0 aromatic heterocycles. The normalized spacial score (nSPS) is 23.0. The predicted octanol–water partition coefficient (Wildman–Crippen LogP) is 0.871. The first-order valence-electron chi connectivity index (χ1n) is 7.49. The highest BCUT2D eigenvalue weighted by molar-refractivity contribution is 5.77. The molecule has 116 valence electrons. The van der Waals surface area contributed by atoms with Crippen LogP contribution >= 0.6 is 0 Å². The Morgan fingerprint density at radius 1 is 1.24 bits per heavy atom. The van der Waals surface area contributed by atoms with E-state index in [1.165, 1.54) is 5.56 Å². The van der Waals surface area contributed by atoms with Crippen molar-refractivity contribution in [2.75, 3.05) is 19.6 Å². The Morgan fingerprint density at radius 3 is 2.38 bits per heavy atom. The van der Waals surface area contributed by atoms with Crippen molar-refractivity contribution in [3.05, 3.63) is 35.4 Å². The summed E-state index contributed by atoms with van der Waals surface area (Å²) < 4.78 is 5.75. The molecule has 1 heterocycles. The number of benzene rings is 1. The van der Waals surface area contributed by atoms with Gasteiger partial charge in [-0.2, -0.15) is 0 Å². The number of morpholine rings is 1. The van der Waals surface area contributed by atoms with Crippen molar-refractivity contribution in [3.8, 4) is 0 Å². The maximum Gasteiger partial charge on any atom is 0.234 e. The first kappa shape index (κ1) is 15.9. The average Bonchev–Trinajstić information content (AvgIpc) is 2.45. The number of carbonyl (C=O) groups is 1. The minimum absolute atomic E-state index is 0.0332. The standard InChI is InChI=1S/C16H25N3O2/c1-12-9-19(10-13(2)21-12)11-15-5-3-14(4-6-15)8-18-16(20)7-17/h3-6,12-13H,7-11,17H2,1-2H3,(H,18,20). The van der Waals surface area contributed by atoms with Crippen LogP contribution in [0.2, 0.25) is 0 Å². The minimum Gasteiger partial charge on any atom is -0.373 e. The van der Waals surface area contributed by atoms with Gasteiger partial charge in [-0.3, -0.25) is 9.69 Å². The van der Waals surface area contributed by atoms with E-state index < -0.39 is 0 Å². The van der Waals surface area contributed by atoms with E-state index in [4.69, 9.17) is 10.5 Å². The first-order chi connectivity index (χ1) is 10.1. The van der Waals surface area contributed by atoms with E-state index >= 15 is 0 Å². The monoisotopic (exact) mass is 291 g/mol. The summed E-state index contributed by atoms with van der Waals surface area (Å²) in [5, 5.41) is 2.77. The first-order valence-corrected chi connectivity index (χ1v) is 7.49. The van der Waals surface area contributed by atoms with Gasteiger partial charge in [0.15, 0.2) is 0 Å². The van der Waals surface area contributed by atoms with Crippen molar-refractivity contribution < 1.29 is 9.53 Å². The number of hydrogen-bond donors (Lipinski definition) is 2. The Kier molecular flexibility index (Phi) is 5.73. The van der Waals surface area contributed by atoms with Crippen molar-refractivity contribution in [2.45, 2.75) is 39.1 Å². The van der Waals surface area contributed by atoms with E-state index in [1.807, 2.05) is 0 Å². The van der Waals surface area contributed by atoms with Crippen LogP contribution in [0, 0.1) is 0 Å². The zero-order chi connectivity index (χ0) is 15.2. The maximum atomic E-state index is 11.1. The van der Waals surface area contributed by atoms with Gasteiger partial charge in [0.1, 0.15) is 0 Å². The third-order valence-corrected chi connectivity index (χ3v) is 3.60. The highest BCUT2D eigenvalue weighted by Gasteiger charge is 2.21. The van der Waals surface area contributed by atoms with E-state index in [2.05, 4.69) is 48.3 Å². The molecule has 2 unspecified atom stereocenters. The number of carbonyl (C=O) groups excluding carboxylic acids is 1. The Labute approximate surface area is 126 Å². The molecule has 0 spiro atoms. The number of nitrogens with one attached hydrogen (secondary N) is 1. The molecule has 5 heteroatoms. The fourth-order valence-corrected chi connectivity index (χ4v) is 2.71. The van der Waals surface area contributed by atoms with Crippen LogP contribution in [0.15, 0.2) is 24.3 Å². The van der Waals surface area contributed by atoms with Crippen molar-refractivity contribution in [1.82, 2.24) is 10.2 Å². The van der Waals surface area contributed by atoms with Gasteiger partial charge in [0.25, 0.3) is 0 Å².